The lowest BCUT2D eigenvalue weighted by Crippen LogP contribution is -2.64. The molecule has 2 saturated heterocycles. The molecular weight excluding hydrogens is 228 g/mol. The first-order chi connectivity index (χ1) is 8.09. The first-order valence-corrected chi connectivity index (χ1v) is 5.27. The molecule has 2 N–H and O–H groups in total. The second-order valence-corrected chi connectivity index (χ2v) is 4.23. The summed E-state index contributed by atoms with van der Waals surface area (Å²) in [4.78, 5) is 35.0. The third kappa shape index (κ3) is 1.29. The van der Waals surface area contributed by atoms with Crippen molar-refractivity contribution < 1.29 is 24.2 Å². The number of carbonyl (C=O) groups excluding carboxylic acids is 2. The molecule has 7 nitrogen and oxygen atoms in total. The molecule has 17 heavy (non-hydrogen) atoms. The van der Waals surface area contributed by atoms with Crippen molar-refractivity contribution in [1.82, 2.24) is 10.2 Å². The summed E-state index contributed by atoms with van der Waals surface area (Å²) < 4.78 is 5.16. The maximum Gasteiger partial charge on any atom is 0.352 e. The van der Waals surface area contributed by atoms with E-state index >= 15 is 0 Å². The number of nitrogens with zero attached hydrogens (tertiary/aromatic N) is 1. The molecule has 0 aromatic heterocycles. The van der Waals surface area contributed by atoms with Crippen molar-refractivity contribution >= 4 is 17.8 Å². The molecule has 0 saturated carbocycles. The van der Waals surface area contributed by atoms with Crippen molar-refractivity contribution in [3.63, 3.8) is 0 Å². The van der Waals surface area contributed by atoms with E-state index in [0.29, 0.717) is 6.42 Å². The van der Waals surface area contributed by atoms with Crippen LogP contribution in [0.2, 0.25) is 0 Å². The number of carbonyl (C=O) groups is 3. The lowest BCUT2D eigenvalue weighted by atomic mass is 9.86. The summed E-state index contributed by atoms with van der Waals surface area (Å²) in [5, 5.41) is 11.4. The van der Waals surface area contributed by atoms with E-state index in [1.54, 1.807) is 0 Å². The van der Waals surface area contributed by atoms with Crippen LogP contribution in [0.1, 0.15) is 6.42 Å². The zero-order valence-corrected chi connectivity index (χ0v) is 8.75. The summed E-state index contributed by atoms with van der Waals surface area (Å²) in [7, 11) is 0. The first-order valence-electron chi connectivity index (χ1n) is 5.27. The lowest BCUT2D eigenvalue weighted by molar-refractivity contribution is -0.163. The van der Waals surface area contributed by atoms with Crippen molar-refractivity contribution in [1.29, 1.82) is 0 Å². The summed E-state index contributed by atoms with van der Waals surface area (Å²) >= 11 is 0. The number of fused-ring (bicyclic) bond motifs is 1. The van der Waals surface area contributed by atoms with Crippen molar-refractivity contribution in [2.75, 3.05) is 6.61 Å². The van der Waals surface area contributed by atoms with Crippen LogP contribution in [0.4, 0.5) is 0 Å². The largest absolute Gasteiger partial charge is 0.477 e. The highest BCUT2D eigenvalue weighted by Crippen LogP contribution is 2.40. The van der Waals surface area contributed by atoms with E-state index in [0.717, 1.165) is 0 Å². The molecule has 3 heterocycles. The fourth-order valence-electron chi connectivity index (χ4n) is 2.57. The fourth-order valence-corrected chi connectivity index (χ4v) is 2.57. The van der Waals surface area contributed by atoms with Gasteiger partial charge < -0.3 is 20.1 Å². The van der Waals surface area contributed by atoms with Crippen LogP contribution in [0.3, 0.4) is 0 Å². The standard InChI is InChI=1S/C10H10N2O5/c13-6-3-17-8(11-6)7-4-1-2-5(10(15)16)12(4)9(7)14/h2,4,7-8H,1,3H2,(H,11,13)(H,15,16)/t4-,7?,8?/m0/s1. The van der Waals surface area contributed by atoms with Crippen molar-refractivity contribution in [3.05, 3.63) is 11.8 Å². The van der Waals surface area contributed by atoms with Gasteiger partial charge in [0.25, 0.3) is 0 Å². The van der Waals surface area contributed by atoms with E-state index in [-0.39, 0.29) is 30.2 Å². The number of nitrogens with one attached hydrogen (secondary N) is 1. The lowest BCUT2D eigenvalue weighted by Gasteiger charge is -2.45. The molecule has 0 aromatic rings. The number of carboxylic acids is 1. The zero-order chi connectivity index (χ0) is 12.2. The fraction of sp³-hybridized carbons (Fsp3) is 0.500. The van der Waals surface area contributed by atoms with Gasteiger partial charge >= 0.3 is 5.97 Å². The molecule has 3 atom stereocenters. The smallest absolute Gasteiger partial charge is 0.352 e. The van der Waals surface area contributed by atoms with Crippen molar-refractivity contribution in [2.24, 2.45) is 5.92 Å². The van der Waals surface area contributed by atoms with Gasteiger partial charge in [0.15, 0.2) is 0 Å². The molecule has 0 radical (unpaired) electrons. The van der Waals surface area contributed by atoms with Crippen LogP contribution in [0, 0.1) is 5.92 Å². The topological polar surface area (TPSA) is 95.9 Å². The molecule has 90 valence electrons. The van der Waals surface area contributed by atoms with Gasteiger partial charge in [-0.05, 0) is 6.42 Å². The van der Waals surface area contributed by atoms with Crippen LogP contribution >= 0.6 is 0 Å². The Morgan fingerprint density at radius 1 is 1.53 bits per heavy atom. The Bertz CT molecular complexity index is 458. The van der Waals surface area contributed by atoms with Gasteiger partial charge in [-0.1, -0.05) is 6.08 Å². The Morgan fingerprint density at radius 3 is 2.88 bits per heavy atom. The number of rotatable bonds is 2. The average molecular weight is 238 g/mol. The molecule has 3 aliphatic rings. The predicted octanol–water partition coefficient (Wildman–Crippen LogP) is -1.34. The average Bonchev–Trinajstić information content (AvgIpc) is 2.83. The molecule has 0 aromatic carbocycles. The van der Waals surface area contributed by atoms with E-state index < -0.39 is 18.1 Å². The Balaban J connectivity index is 1.76. The maximum atomic E-state index is 11.8. The number of hydrogen-bond acceptors (Lipinski definition) is 4. The van der Waals surface area contributed by atoms with Crippen LogP contribution in [-0.2, 0) is 19.1 Å². The zero-order valence-electron chi connectivity index (χ0n) is 8.75. The number of carboxylic acid groups (broad SMARTS) is 1. The number of hydrogen-bond donors (Lipinski definition) is 2. The summed E-state index contributed by atoms with van der Waals surface area (Å²) in [5.74, 6) is -2.11. The monoisotopic (exact) mass is 238 g/mol. The summed E-state index contributed by atoms with van der Waals surface area (Å²) in [6, 6.07) is -0.197. The minimum atomic E-state index is -1.10. The Kier molecular flexibility index (Phi) is 1.99. The Hall–Kier alpha value is -1.89. The molecule has 3 rings (SSSR count). The molecular formula is C10H10N2O5. The first kappa shape index (κ1) is 10.3. The van der Waals surface area contributed by atoms with Crippen LogP contribution in [0.15, 0.2) is 11.8 Å². The minimum absolute atomic E-state index is 0.0283. The van der Waals surface area contributed by atoms with Crippen LogP contribution in [0.5, 0.6) is 0 Å². The van der Waals surface area contributed by atoms with Gasteiger partial charge in [-0.3, -0.25) is 9.59 Å². The normalized spacial score (nSPS) is 35.2. The third-order valence-corrected chi connectivity index (χ3v) is 3.32. The number of β-lactam (4-membered cyclic amide) rings is 1. The van der Waals surface area contributed by atoms with E-state index in [1.165, 1.54) is 11.0 Å². The van der Waals surface area contributed by atoms with Gasteiger partial charge in [0.2, 0.25) is 11.8 Å². The molecule has 0 aliphatic carbocycles. The summed E-state index contributed by atoms with van der Waals surface area (Å²) in [6.45, 7) is -0.0413. The highest BCUT2D eigenvalue weighted by molar-refractivity contribution is 5.99. The van der Waals surface area contributed by atoms with Crippen LogP contribution in [0.25, 0.3) is 0 Å². The van der Waals surface area contributed by atoms with E-state index in [4.69, 9.17) is 9.84 Å². The SMILES string of the molecule is O=C1COC(C2C(=O)N3C(C(=O)O)=CC[C@@H]23)N1. The molecule has 2 unspecified atom stereocenters. The van der Waals surface area contributed by atoms with Crippen molar-refractivity contribution in [3.8, 4) is 0 Å². The summed E-state index contributed by atoms with van der Waals surface area (Å²) in [5.41, 5.74) is 0.0283. The second kappa shape index (κ2) is 3.30. The predicted molar refractivity (Wildman–Crippen MR) is 52.3 cm³/mol. The van der Waals surface area contributed by atoms with E-state index in [1.807, 2.05) is 0 Å². The molecule has 2 amide bonds. The second-order valence-electron chi connectivity index (χ2n) is 4.23. The van der Waals surface area contributed by atoms with E-state index in [2.05, 4.69) is 5.32 Å². The quantitative estimate of drug-likeness (QED) is 0.580. The maximum absolute atomic E-state index is 11.8. The molecule has 2 fully saturated rings. The molecule has 7 heteroatoms. The molecule has 0 spiro atoms. The highest BCUT2D eigenvalue weighted by Gasteiger charge is 2.57. The number of amides is 2. The third-order valence-electron chi connectivity index (χ3n) is 3.32. The van der Waals surface area contributed by atoms with Gasteiger partial charge in [-0.15, -0.1) is 0 Å². The Labute approximate surface area is 96.0 Å². The van der Waals surface area contributed by atoms with Gasteiger partial charge in [-0.2, -0.15) is 0 Å². The van der Waals surface area contributed by atoms with Crippen molar-refractivity contribution in [2.45, 2.75) is 18.7 Å². The summed E-state index contributed by atoms with van der Waals surface area (Å²) in [6.07, 6.45) is 1.41. The van der Waals surface area contributed by atoms with Crippen LogP contribution in [-0.4, -0.2) is 46.7 Å². The van der Waals surface area contributed by atoms with Gasteiger partial charge in [0, 0.05) is 0 Å². The number of aliphatic carboxylic acids is 1. The molecule has 3 aliphatic heterocycles. The van der Waals surface area contributed by atoms with Gasteiger partial charge in [0.1, 0.15) is 24.4 Å². The van der Waals surface area contributed by atoms with Crippen LogP contribution < -0.4 is 5.32 Å². The molecule has 0 bridgehead atoms. The Morgan fingerprint density at radius 2 is 2.29 bits per heavy atom. The highest BCUT2D eigenvalue weighted by atomic mass is 16.5. The van der Waals surface area contributed by atoms with Gasteiger partial charge in [0.05, 0.1) is 6.04 Å². The number of ether oxygens (including phenoxy) is 1. The van der Waals surface area contributed by atoms with E-state index in [9.17, 15) is 14.4 Å². The minimum Gasteiger partial charge on any atom is -0.477 e. The van der Waals surface area contributed by atoms with Gasteiger partial charge in [-0.25, -0.2) is 4.79 Å².